The molecule has 1 saturated heterocycles. The van der Waals surface area contributed by atoms with Crippen molar-refractivity contribution >= 4 is 22.8 Å². The van der Waals surface area contributed by atoms with Crippen LogP contribution in [0.25, 0.3) is 11.0 Å². The third-order valence-electron chi connectivity index (χ3n) is 7.31. The molecule has 3 N–H and O–H groups in total. The number of nitrogens with zero attached hydrogens (tertiary/aromatic N) is 4. The lowest BCUT2D eigenvalue weighted by Gasteiger charge is -2.21. The summed E-state index contributed by atoms with van der Waals surface area (Å²) in [6, 6.07) is 9.99. The first-order valence-corrected chi connectivity index (χ1v) is 13.5. The van der Waals surface area contributed by atoms with Gasteiger partial charge in [-0.25, -0.2) is 9.97 Å². The van der Waals surface area contributed by atoms with Crippen molar-refractivity contribution in [3.8, 4) is 11.8 Å². The highest BCUT2D eigenvalue weighted by atomic mass is 16.5. The zero-order valence-electron chi connectivity index (χ0n) is 22.4. The van der Waals surface area contributed by atoms with Gasteiger partial charge in [0, 0.05) is 19.1 Å². The molecule has 2 aliphatic rings. The lowest BCUT2D eigenvalue weighted by Crippen LogP contribution is -2.28. The molecule has 8 heteroatoms. The van der Waals surface area contributed by atoms with Gasteiger partial charge in [-0.3, -0.25) is 4.79 Å². The van der Waals surface area contributed by atoms with Crippen LogP contribution in [-0.2, 0) is 4.74 Å². The summed E-state index contributed by atoms with van der Waals surface area (Å²) in [4.78, 5) is 25.1. The lowest BCUT2D eigenvalue weighted by molar-refractivity contribution is 0.0941. The highest BCUT2D eigenvalue weighted by Crippen LogP contribution is 2.37. The number of nitrogen functional groups attached to an aromatic ring is 1. The molecular formula is C30H36N6O2. The number of carbonyl (C=O) groups excluding carboxylic acids is 1. The summed E-state index contributed by atoms with van der Waals surface area (Å²) in [7, 11) is 0. The van der Waals surface area contributed by atoms with Crippen molar-refractivity contribution in [2.75, 3.05) is 25.5 Å². The molecular weight excluding hydrogens is 476 g/mol. The SMILES string of the molecule is CC=CN1C[C@H](n2c(C#CC3CC3)c(C(=O)N[C@H](C)c3ccccc3)c3c(N)ncnc32)C[C@@H]1COCC. The van der Waals surface area contributed by atoms with Gasteiger partial charge in [0.05, 0.1) is 35.7 Å². The standard InChI is InChI=1S/C30H36N6O2/c1-4-15-35-17-23(16-24(35)18-38-5-2)36-25(14-13-21-11-12-21)26(27-28(31)32-19-33-29(27)36)30(37)34-20(3)22-9-7-6-8-10-22/h4,6-10,15,19-21,23-24H,5,11-12,16-18H2,1-3H3,(H,34,37)(H2,31,32,33)/t20-,23-,24-/m1/s1. The second-order valence-electron chi connectivity index (χ2n) is 10.1. The number of nitrogens with two attached hydrogens (primary N) is 1. The molecule has 3 atom stereocenters. The number of hydrogen-bond donors (Lipinski definition) is 2. The smallest absolute Gasteiger partial charge is 0.255 e. The zero-order chi connectivity index (χ0) is 26.6. The summed E-state index contributed by atoms with van der Waals surface area (Å²) < 4.78 is 7.94. The van der Waals surface area contributed by atoms with Crippen LogP contribution in [0.2, 0.25) is 0 Å². The van der Waals surface area contributed by atoms with Gasteiger partial charge >= 0.3 is 0 Å². The second kappa shape index (κ2) is 11.3. The Kier molecular flexibility index (Phi) is 7.66. The van der Waals surface area contributed by atoms with Crippen LogP contribution in [0.4, 0.5) is 5.82 Å². The number of likely N-dealkylation sites (tertiary alicyclic amines) is 1. The van der Waals surface area contributed by atoms with Crippen molar-refractivity contribution in [1.82, 2.24) is 24.8 Å². The minimum Gasteiger partial charge on any atom is -0.383 e. The van der Waals surface area contributed by atoms with Crippen molar-refractivity contribution in [2.24, 2.45) is 5.92 Å². The molecule has 0 radical (unpaired) electrons. The van der Waals surface area contributed by atoms with Crippen molar-refractivity contribution in [3.63, 3.8) is 0 Å². The van der Waals surface area contributed by atoms with Crippen molar-refractivity contribution in [2.45, 2.75) is 58.2 Å². The van der Waals surface area contributed by atoms with Crippen LogP contribution in [0.1, 0.15) is 73.7 Å². The van der Waals surface area contributed by atoms with Gasteiger partial charge in [-0.15, -0.1) is 0 Å². The van der Waals surface area contributed by atoms with Crippen LogP contribution in [0, 0.1) is 17.8 Å². The molecule has 0 spiro atoms. The molecule has 38 heavy (non-hydrogen) atoms. The molecule has 3 heterocycles. The Bertz CT molecular complexity index is 1380. The van der Waals surface area contributed by atoms with E-state index in [1.807, 2.05) is 57.2 Å². The fraction of sp³-hybridized carbons (Fsp3) is 0.433. The number of hydrogen-bond acceptors (Lipinski definition) is 6. The minimum atomic E-state index is -0.221. The van der Waals surface area contributed by atoms with Gasteiger partial charge in [0.15, 0.2) is 0 Å². The number of rotatable bonds is 8. The lowest BCUT2D eigenvalue weighted by atomic mass is 10.1. The van der Waals surface area contributed by atoms with Crippen LogP contribution >= 0.6 is 0 Å². The van der Waals surface area contributed by atoms with Crippen molar-refractivity contribution in [3.05, 3.63) is 65.8 Å². The molecule has 1 aromatic carbocycles. The molecule has 2 fully saturated rings. The summed E-state index contributed by atoms with van der Waals surface area (Å²) in [6.07, 6.45) is 8.66. The van der Waals surface area contributed by atoms with Gasteiger partial charge in [0.25, 0.3) is 5.91 Å². The third-order valence-corrected chi connectivity index (χ3v) is 7.31. The zero-order valence-corrected chi connectivity index (χ0v) is 22.4. The van der Waals surface area contributed by atoms with E-state index < -0.39 is 0 Å². The highest BCUT2D eigenvalue weighted by molar-refractivity contribution is 6.12. The summed E-state index contributed by atoms with van der Waals surface area (Å²) in [5, 5.41) is 3.74. The van der Waals surface area contributed by atoms with E-state index >= 15 is 0 Å². The van der Waals surface area contributed by atoms with Gasteiger partial charge in [-0.1, -0.05) is 42.3 Å². The first-order valence-electron chi connectivity index (χ1n) is 13.5. The van der Waals surface area contributed by atoms with Crippen LogP contribution < -0.4 is 11.1 Å². The maximum absolute atomic E-state index is 13.9. The Morgan fingerprint density at radius 3 is 2.79 bits per heavy atom. The number of fused-ring (bicyclic) bond motifs is 1. The molecule has 198 valence electrons. The van der Waals surface area contributed by atoms with E-state index in [1.54, 1.807) is 0 Å². The van der Waals surface area contributed by atoms with Gasteiger partial charge in [0.2, 0.25) is 0 Å². The Labute approximate surface area is 224 Å². The topological polar surface area (TPSA) is 98.3 Å². The summed E-state index contributed by atoms with van der Waals surface area (Å²) in [6.45, 7) is 8.08. The van der Waals surface area contributed by atoms with Gasteiger partial charge in [-0.05, 0) is 57.7 Å². The average Bonchev–Trinajstić information content (AvgIpc) is 3.58. The number of aromatic nitrogens is 3. The van der Waals surface area contributed by atoms with E-state index in [-0.39, 0.29) is 29.9 Å². The molecule has 1 aliphatic heterocycles. The Balaban J connectivity index is 1.61. The molecule has 3 aromatic rings. The van der Waals surface area contributed by atoms with E-state index in [0.29, 0.717) is 41.4 Å². The molecule has 0 unspecified atom stereocenters. The van der Waals surface area contributed by atoms with Crippen LogP contribution in [0.15, 0.2) is 48.9 Å². The number of nitrogens with one attached hydrogen (secondary N) is 1. The van der Waals surface area contributed by atoms with E-state index in [9.17, 15) is 4.79 Å². The quantitative estimate of drug-likeness (QED) is 0.433. The molecule has 8 nitrogen and oxygen atoms in total. The highest BCUT2D eigenvalue weighted by Gasteiger charge is 2.36. The van der Waals surface area contributed by atoms with E-state index in [0.717, 1.165) is 31.4 Å². The van der Waals surface area contributed by atoms with E-state index in [1.165, 1.54) is 6.33 Å². The van der Waals surface area contributed by atoms with Gasteiger partial charge in [-0.2, -0.15) is 0 Å². The summed E-state index contributed by atoms with van der Waals surface area (Å²) in [5.74, 6) is 7.22. The number of anilines is 1. The predicted octanol–water partition coefficient (Wildman–Crippen LogP) is 4.45. The molecule has 1 aliphatic carbocycles. The molecule has 1 saturated carbocycles. The molecule has 5 rings (SSSR count). The van der Waals surface area contributed by atoms with Gasteiger partial charge < -0.3 is 25.3 Å². The maximum Gasteiger partial charge on any atom is 0.255 e. The predicted molar refractivity (Wildman–Crippen MR) is 149 cm³/mol. The fourth-order valence-electron chi connectivity index (χ4n) is 5.24. The first kappa shape index (κ1) is 25.8. The summed E-state index contributed by atoms with van der Waals surface area (Å²) >= 11 is 0. The monoisotopic (exact) mass is 512 g/mol. The van der Waals surface area contributed by atoms with Crippen molar-refractivity contribution in [1.29, 1.82) is 0 Å². The first-order chi connectivity index (χ1) is 18.5. The molecule has 2 aromatic heterocycles. The molecule has 1 amide bonds. The normalized spacial score (nSPS) is 20.0. The van der Waals surface area contributed by atoms with Gasteiger partial charge in [0.1, 0.15) is 23.5 Å². The van der Waals surface area contributed by atoms with E-state index in [4.69, 9.17) is 10.5 Å². The second-order valence-corrected chi connectivity index (χ2v) is 10.1. The number of ether oxygens (including phenoxy) is 1. The van der Waals surface area contributed by atoms with E-state index in [2.05, 4.69) is 42.8 Å². The fourth-order valence-corrected chi connectivity index (χ4v) is 5.24. The number of benzene rings is 1. The minimum absolute atomic E-state index is 0.0463. The third kappa shape index (κ3) is 5.25. The Morgan fingerprint density at radius 1 is 1.29 bits per heavy atom. The number of allylic oxidation sites excluding steroid dienone is 1. The Hall–Kier alpha value is -3.83. The Morgan fingerprint density at radius 2 is 2.08 bits per heavy atom. The number of carbonyl (C=O) groups is 1. The largest absolute Gasteiger partial charge is 0.383 e. The average molecular weight is 513 g/mol. The van der Waals surface area contributed by atoms with Crippen LogP contribution in [0.3, 0.4) is 0 Å². The molecule has 0 bridgehead atoms. The summed E-state index contributed by atoms with van der Waals surface area (Å²) in [5.41, 5.74) is 9.22. The number of amides is 1. The van der Waals surface area contributed by atoms with Crippen LogP contribution in [-0.4, -0.2) is 51.1 Å². The maximum atomic E-state index is 13.9. The van der Waals surface area contributed by atoms with Crippen LogP contribution in [0.5, 0.6) is 0 Å². The van der Waals surface area contributed by atoms with Crippen molar-refractivity contribution < 1.29 is 9.53 Å².